The van der Waals surface area contributed by atoms with Gasteiger partial charge in [0.25, 0.3) is 0 Å². The lowest BCUT2D eigenvalue weighted by molar-refractivity contribution is -0.127. The fraction of sp³-hybridized carbons (Fsp3) is 0.231. The zero-order valence-electron chi connectivity index (χ0n) is 10.8. The van der Waals surface area contributed by atoms with Gasteiger partial charge in [0.2, 0.25) is 11.8 Å². The van der Waals surface area contributed by atoms with Gasteiger partial charge in [0.1, 0.15) is 0 Å². The molecule has 1 atom stereocenters. The van der Waals surface area contributed by atoms with E-state index in [1.807, 2.05) is 24.3 Å². The minimum absolute atomic E-state index is 0.0405. The lowest BCUT2D eigenvalue weighted by atomic mass is 10.0. The van der Waals surface area contributed by atoms with Crippen LogP contribution in [0.25, 0.3) is 0 Å². The summed E-state index contributed by atoms with van der Waals surface area (Å²) < 4.78 is 0.973. The predicted molar refractivity (Wildman–Crippen MR) is 79.2 cm³/mol. The summed E-state index contributed by atoms with van der Waals surface area (Å²) in [5, 5.41) is 7.63. The molecule has 0 aromatic heterocycles. The highest BCUT2D eigenvalue weighted by molar-refractivity contribution is 9.10. The fourth-order valence-corrected chi connectivity index (χ4v) is 1.95. The van der Waals surface area contributed by atoms with Crippen LogP contribution in [0, 0.1) is 5.92 Å². The summed E-state index contributed by atoms with van der Waals surface area (Å²) >= 11 is 3.33. The van der Waals surface area contributed by atoms with Crippen molar-refractivity contribution >= 4 is 39.7 Å². The number of carbonyl (C=O) groups excluding carboxylic acids is 2. The van der Waals surface area contributed by atoms with Gasteiger partial charge in [-0.05, 0) is 24.6 Å². The lowest BCUT2D eigenvalue weighted by Gasteiger charge is -2.05. The first-order valence-electron chi connectivity index (χ1n) is 5.98. The van der Waals surface area contributed by atoms with E-state index in [4.69, 9.17) is 0 Å². The number of hydrogen-bond acceptors (Lipinski definition) is 4. The quantitative estimate of drug-likeness (QED) is 0.643. The summed E-state index contributed by atoms with van der Waals surface area (Å²) in [6, 6.07) is 7.49. The molecule has 1 heterocycles. The van der Waals surface area contributed by atoms with Gasteiger partial charge in [-0.25, -0.2) is 10.9 Å². The number of benzene rings is 1. The molecular weight excluding hydrogens is 324 g/mol. The molecule has 1 aromatic rings. The second kappa shape index (κ2) is 6.42. The highest BCUT2D eigenvalue weighted by atomic mass is 79.9. The van der Waals surface area contributed by atoms with E-state index in [9.17, 15) is 9.59 Å². The van der Waals surface area contributed by atoms with E-state index in [0.717, 1.165) is 10.0 Å². The third kappa shape index (κ3) is 3.74. The molecule has 6 nitrogen and oxygen atoms in total. The molecule has 0 radical (unpaired) electrons. The van der Waals surface area contributed by atoms with Gasteiger partial charge in [-0.2, -0.15) is 10.2 Å². The molecule has 0 unspecified atom stereocenters. The third-order valence-corrected chi connectivity index (χ3v) is 3.35. The number of nitrogens with zero attached hydrogens (tertiary/aromatic N) is 2. The molecule has 2 N–H and O–H groups in total. The van der Waals surface area contributed by atoms with Crippen molar-refractivity contribution < 1.29 is 9.59 Å². The van der Waals surface area contributed by atoms with Crippen LogP contribution >= 0.6 is 15.9 Å². The molecule has 1 aromatic carbocycles. The minimum atomic E-state index is -0.502. The first-order valence-corrected chi connectivity index (χ1v) is 6.77. The highest BCUT2D eigenvalue weighted by Gasteiger charge is 2.28. The average Bonchev–Trinajstić information content (AvgIpc) is 2.73. The van der Waals surface area contributed by atoms with Crippen LogP contribution in [0.15, 0.2) is 38.9 Å². The van der Waals surface area contributed by atoms with E-state index < -0.39 is 5.92 Å². The predicted octanol–water partition coefficient (Wildman–Crippen LogP) is 1.41. The molecule has 0 spiro atoms. The van der Waals surface area contributed by atoms with Gasteiger partial charge in [-0.15, -0.1) is 0 Å². The molecular formula is C13H13BrN4O2. The lowest BCUT2D eigenvalue weighted by Crippen LogP contribution is -2.29. The number of nitrogens with one attached hydrogen (secondary N) is 2. The van der Waals surface area contributed by atoms with Crippen LogP contribution in [0.2, 0.25) is 0 Å². The molecule has 1 aliphatic rings. The van der Waals surface area contributed by atoms with Gasteiger partial charge >= 0.3 is 0 Å². The van der Waals surface area contributed by atoms with E-state index in [-0.39, 0.29) is 18.2 Å². The van der Waals surface area contributed by atoms with Gasteiger partial charge in [0.15, 0.2) is 0 Å². The van der Waals surface area contributed by atoms with Gasteiger partial charge in [-0.3, -0.25) is 9.59 Å². The van der Waals surface area contributed by atoms with Crippen molar-refractivity contribution in [3.63, 3.8) is 0 Å². The molecule has 0 aliphatic carbocycles. The number of rotatable bonds is 4. The van der Waals surface area contributed by atoms with Gasteiger partial charge < -0.3 is 0 Å². The fourth-order valence-electron chi connectivity index (χ4n) is 1.69. The van der Waals surface area contributed by atoms with Crippen LogP contribution in [0.4, 0.5) is 0 Å². The Morgan fingerprint density at radius 2 is 2.20 bits per heavy atom. The van der Waals surface area contributed by atoms with Crippen molar-refractivity contribution in [2.45, 2.75) is 13.3 Å². The molecule has 7 heteroatoms. The van der Waals surface area contributed by atoms with Gasteiger partial charge in [0, 0.05) is 16.6 Å². The SMILES string of the molecule is CC1=NNC(=O)[C@H]1CC(=O)N/N=C\c1ccc(Br)cc1. The van der Waals surface area contributed by atoms with Gasteiger partial charge in [-0.1, -0.05) is 28.1 Å². The molecule has 20 heavy (non-hydrogen) atoms. The maximum absolute atomic E-state index is 11.7. The molecule has 0 bridgehead atoms. The Morgan fingerprint density at radius 3 is 2.80 bits per heavy atom. The van der Waals surface area contributed by atoms with Crippen LogP contribution in [0.3, 0.4) is 0 Å². The largest absolute Gasteiger partial charge is 0.273 e. The van der Waals surface area contributed by atoms with E-state index in [0.29, 0.717) is 5.71 Å². The Labute approximate surface area is 124 Å². The van der Waals surface area contributed by atoms with E-state index in [2.05, 4.69) is 37.0 Å². The Bertz CT molecular complexity index is 581. The van der Waals surface area contributed by atoms with Crippen molar-refractivity contribution in [2.24, 2.45) is 16.1 Å². The van der Waals surface area contributed by atoms with Crippen molar-refractivity contribution in [1.82, 2.24) is 10.9 Å². The maximum atomic E-state index is 11.7. The summed E-state index contributed by atoms with van der Waals surface area (Å²) in [4.78, 5) is 23.1. The topological polar surface area (TPSA) is 82.9 Å². The third-order valence-electron chi connectivity index (χ3n) is 2.83. The zero-order chi connectivity index (χ0) is 14.5. The van der Waals surface area contributed by atoms with Crippen LogP contribution in [0.5, 0.6) is 0 Å². The average molecular weight is 337 g/mol. The smallest absolute Gasteiger partial charge is 0.249 e. The molecule has 104 valence electrons. The first kappa shape index (κ1) is 14.4. The van der Waals surface area contributed by atoms with Crippen molar-refractivity contribution in [2.75, 3.05) is 0 Å². The summed E-state index contributed by atoms with van der Waals surface area (Å²) in [5.74, 6) is -1.08. The van der Waals surface area contributed by atoms with Crippen LogP contribution in [0.1, 0.15) is 18.9 Å². The molecule has 2 rings (SSSR count). The normalized spacial score (nSPS) is 18.0. The molecule has 1 aliphatic heterocycles. The van der Waals surface area contributed by atoms with Crippen LogP contribution < -0.4 is 10.9 Å². The Hall–Kier alpha value is -2.02. The molecule has 0 fully saturated rings. The number of hydrazone groups is 2. The highest BCUT2D eigenvalue weighted by Crippen LogP contribution is 2.11. The van der Waals surface area contributed by atoms with Crippen LogP contribution in [-0.2, 0) is 9.59 Å². The minimum Gasteiger partial charge on any atom is -0.273 e. The maximum Gasteiger partial charge on any atom is 0.249 e. The van der Waals surface area contributed by atoms with E-state index in [1.165, 1.54) is 0 Å². The summed E-state index contributed by atoms with van der Waals surface area (Å²) in [5.41, 5.74) is 6.21. The molecule has 0 saturated carbocycles. The van der Waals surface area contributed by atoms with Gasteiger partial charge in [0.05, 0.1) is 12.1 Å². The summed E-state index contributed by atoms with van der Waals surface area (Å²) in [6.07, 6.45) is 1.58. The second-order valence-corrected chi connectivity index (χ2v) is 5.25. The Kier molecular flexibility index (Phi) is 4.62. The number of halogens is 1. The van der Waals surface area contributed by atoms with Crippen molar-refractivity contribution in [3.8, 4) is 0 Å². The van der Waals surface area contributed by atoms with E-state index >= 15 is 0 Å². The van der Waals surface area contributed by atoms with Crippen molar-refractivity contribution in [3.05, 3.63) is 34.3 Å². The summed E-state index contributed by atoms with van der Waals surface area (Å²) in [6.45, 7) is 1.71. The number of hydrogen-bond donors (Lipinski definition) is 2. The Morgan fingerprint density at radius 1 is 1.50 bits per heavy atom. The Balaban J connectivity index is 1.85. The first-order chi connectivity index (χ1) is 9.56. The monoisotopic (exact) mass is 336 g/mol. The second-order valence-electron chi connectivity index (χ2n) is 4.33. The number of amides is 2. The summed E-state index contributed by atoms with van der Waals surface area (Å²) in [7, 11) is 0. The van der Waals surface area contributed by atoms with Crippen molar-refractivity contribution in [1.29, 1.82) is 0 Å². The molecule has 0 saturated heterocycles. The molecule has 2 amide bonds. The standard InChI is InChI=1S/C13H13BrN4O2/c1-8-11(13(20)18-16-8)6-12(19)17-15-7-9-2-4-10(14)5-3-9/h2-5,7,11H,6H2,1H3,(H,17,19)(H,18,20)/b15-7-/t11-/m0/s1. The van der Waals surface area contributed by atoms with E-state index in [1.54, 1.807) is 13.1 Å². The number of carbonyl (C=O) groups is 2. The zero-order valence-corrected chi connectivity index (χ0v) is 12.3. The van der Waals surface area contributed by atoms with Crippen LogP contribution in [-0.4, -0.2) is 23.7 Å².